The molecule has 1 spiro atoms. The number of rotatable bonds is 3. The monoisotopic (exact) mass is 413 g/mol. The van der Waals surface area contributed by atoms with Gasteiger partial charge >= 0.3 is 0 Å². The molecule has 4 nitrogen and oxygen atoms in total. The zero-order chi connectivity index (χ0) is 21.4. The molecule has 0 unspecified atom stereocenters. The molecule has 0 radical (unpaired) electrons. The number of anilines is 1. The Morgan fingerprint density at radius 1 is 1.06 bits per heavy atom. The van der Waals surface area contributed by atoms with Crippen LogP contribution in [0.4, 0.5) is 10.1 Å². The molecule has 3 aromatic rings. The number of carbonyl (C=O) groups excluding carboxylic acids is 1. The summed E-state index contributed by atoms with van der Waals surface area (Å²) in [6, 6.07) is 15.9. The van der Waals surface area contributed by atoms with Gasteiger partial charge < -0.3 is 5.32 Å². The van der Waals surface area contributed by atoms with E-state index in [0.29, 0.717) is 11.5 Å². The number of nitrogens with one attached hydrogen (secondary N) is 1. The van der Waals surface area contributed by atoms with Crippen LogP contribution >= 0.6 is 0 Å². The molecule has 2 aliphatic carbocycles. The number of aromatic nitrogens is 1. The Labute approximate surface area is 181 Å². The maximum absolute atomic E-state index is 13.8. The number of amides is 1. The van der Waals surface area contributed by atoms with Crippen molar-refractivity contribution in [2.45, 2.75) is 44.4 Å². The molecule has 5 rings (SSSR count). The van der Waals surface area contributed by atoms with E-state index in [9.17, 15) is 9.18 Å². The molecule has 2 aliphatic rings. The molecule has 0 aliphatic heterocycles. The van der Waals surface area contributed by atoms with Crippen molar-refractivity contribution in [2.24, 2.45) is 11.3 Å². The van der Waals surface area contributed by atoms with E-state index in [-0.39, 0.29) is 23.1 Å². The van der Waals surface area contributed by atoms with Crippen molar-refractivity contribution in [1.29, 1.82) is 5.26 Å². The molecule has 31 heavy (non-hydrogen) atoms. The van der Waals surface area contributed by atoms with Crippen molar-refractivity contribution < 1.29 is 9.18 Å². The van der Waals surface area contributed by atoms with Gasteiger partial charge in [0.1, 0.15) is 5.82 Å². The number of carbonyl (C=O) groups is 1. The Kier molecular flexibility index (Phi) is 4.94. The van der Waals surface area contributed by atoms with Crippen molar-refractivity contribution in [2.75, 3.05) is 5.32 Å². The second kappa shape index (κ2) is 7.77. The van der Waals surface area contributed by atoms with Crippen LogP contribution in [0, 0.1) is 28.5 Å². The van der Waals surface area contributed by atoms with Crippen molar-refractivity contribution in [3.05, 3.63) is 71.7 Å². The van der Waals surface area contributed by atoms with Gasteiger partial charge in [-0.05, 0) is 104 Å². The van der Waals surface area contributed by atoms with E-state index < -0.39 is 0 Å². The second-order valence-electron chi connectivity index (χ2n) is 8.97. The highest BCUT2D eigenvalue weighted by Crippen LogP contribution is 2.58. The molecule has 0 bridgehead atoms. The number of hydrogen-bond acceptors (Lipinski definition) is 3. The van der Waals surface area contributed by atoms with Crippen molar-refractivity contribution in [1.82, 2.24) is 4.98 Å². The number of halogens is 1. The molecule has 5 heteroatoms. The first-order chi connectivity index (χ1) is 15.1. The van der Waals surface area contributed by atoms with Crippen LogP contribution in [-0.2, 0) is 4.79 Å². The van der Waals surface area contributed by atoms with Crippen LogP contribution in [0.2, 0.25) is 0 Å². The van der Waals surface area contributed by atoms with Gasteiger partial charge in [0, 0.05) is 23.2 Å². The summed E-state index contributed by atoms with van der Waals surface area (Å²) in [5.41, 5.74) is 3.42. The largest absolute Gasteiger partial charge is 0.326 e. The molecule has 2 aromatic carbocycles. The van der Waals surface area contributed by atoms with Crippen LogP contribution in [0.15, 0.2) is 54.7 Å². The average Bonchev–Trinajstić information content (AvgIpc) is 2.78. The Balaban J connectivity index is 1.28. The van der Waals surface area contributed by atoms with Crippen molar-refractivity contribution in [3.63, 3.8) is 0 Å². The van der Waals surface area contributed by atoms with E-state index in [1.807, 2.05) is 12.3 Å². The fraction of sp³-hybridized carbons (Fsp3) is 0.346. The van der Waals surface area contributed by atoms with Crippen LogP contribution in [0.25, 0.3) is 10.9 Å². The Bertz CT molecular complexity index is 1170. The highest BCUT2D eigenvalue weighted by atomic mass is 19.1. The van der Waals surface area contributed by atoms with Gasteiger partial charge in [0.25, 0.3) is 0 Å². The van der Waals surface area contributed by atoms with Crippen LogP contribution in [0.5, 0.6) is 0 Å². The normalized spacial score (nSPS) is 25.0. The van der Waals surface area contributed by atoms with Gasteiger partial charge in [0.2, 0.25) is 5.91 Å². The van der Waals surface area contributed by atoms with Crippen molar-refractivity contribution in [3.8, 4) is 6.07 Å². The van der Waals surface area contributed by atoms with Crippen LogP contribution < -0.4 is 5.32 Å². The molecular weight excluding hydrogens is 389 g/mol. The quantitative estimate of drug-likeness (QED) is 0.578. The van der Waals surface area contributed by atoms with Gasteiger partial charge in [-0.25, -0.2) is 4.39 Å². The Morgan fingerprint density at radius 2 is 1.81 bits per heavy atom. The summed E-state index contributed by atoms with van der Waals surface area (Å²) in [4.78, 5) is 17.3. The van der Waals surface area contributed by atoms with Gasteiger partial charge in [-0.1, -0.05) is 0 Å². The summed E-state index contributed by atoms with van der Waals surface area (Å²) < 4.78 is 13.8. The lowest BCUT2D eigenvalue weighted by molar-refractivity contribution is -0.133. The van der Waals surface area contributed by atoms with E-state index in [1.54, 1.807) is 36.4 Å². The van der Waals surface area contributed by atoms with Gasteiger partial charge in [-0.2, -0.15) is 5.26 Å². The molecule has 156 valence electrons. The van der Waals surface area contributed by atoms with Crippen LogP contribution in [0.3, 0.4) is 0 Å². The fourth-order valence-corrected chi connectivity index (χ4v) is 5.56. The Morgan fingerprint density at radius 3 is 2.48 bits per heavy atom. The number of nitriles is 1. The minimum atomic E-state index is -0.229. The Hall–Kier alpha value is -3.26. The maximum Gasteiger partial charge on any atom is 0.228 e. The highest BCUT2D eigenvalue weighted by molar-refractivity contribution is 5.93. The summed E-state index contributed by atoms with van der Waals surface area (Å²) in [5.74, 6) is 0.273. The molecule has 1 aromatic heterocycles. The first-order valence-corrected chi connectivity index (χ1v) is 10.9. The van der Waals surface area contributed by atoms with E-state index in [4.69, 9.17) is 5.26 Å². The predicted molar refractivity (Wildman–Crippen MR) is 118 cm³/mol. The second-order valence-corrected chi connectivity index (χ2v) is 8.97. The molecule has 1 atom stereocenters. The molecule has 2 fully saturated rings. The molecule has 1 amide bonds. The van der Waals surface area contributed by atoms with Gasteiger partial charge in [-0.15, -0.1) is 0 Å². The topological polar surface area (TPSA) is 65.8 Å². The van der Waals surface area contributed by atoms with Crippen molar-refractivity contribution >= 4 is 22.5 Å². The zero-order valence-electron chi connectivity index (χ0n) is 17.3. The summed E-state index contributed by atoms with van der Waals surface area (Å²) in [7, 11) is 0. The lowest BCUT2D eigenvalue weighted by atomic mass is 9.52. The summed E-state index contributed by atoms with van der Waals surface area (Å²) in [5, 5.41) is 12.9. The third kappa shape index (κ3) is 3.57. The average molecular weight is 413 g/mol. The minimum absolute atomic E-state index is 0.0377. The SMILES string of the molecule is N#Cc1ccc(NC(=O)[C@H]2CC[C@]23CC[C@H](c2ccnc4ccc(F)cc42)CC3)cc1. The highest BCUT2D eigenvalue weighted by Gasteiger charge is 2.51. The molecule has 2 saturated carbocycles. The van der Waals surface area contributed by atoms with Gasteiger partial charge in [0.15, 0.2) is 0 Å². The maximum atomic E-state index is 13.8. The van der Waals surface area contributed by atoms with E-state index in [2.05, 4.69) is 16.4 Å². The number of nitrogens with zero attached hydrogens (tertiary/aromatic N) is 2. The lowest BCUT2D eigenvalue weighted by Crippen LogP contribution is -2.48. The molecule has 1 N–H and O–H groups in total. The van der Waals surface area contributed by atoms with Crippen LogP contribution in [0.1, 0.15) is 55.6 Å². The summed E-state index contributed by atoms with van der Waals surface area (Å²) in [6.45, 7) is 0. The minimum Gasteiger partial charge on any atom is -0.326 e. The first-order valence-electron chi connectivity index (χ1n) is 10.9. The lowest BCUT2D eigenvalue weighted by Gasteiger charge is -2.52. The predicted octanol–water partition coefficient (Wildman–Crippen LogP) is 5.94. The van der Waals surface area contributed by atoms with Gasteiger partial charge in [-0.3, -0.25) is 9.78 Å². The fourth-order valence-electron chi connectivity index (χ4n) is 5.56. The van der Waals surface area contributed by atoms with Gasteiger partial charge in [0.05, 0.1) is 17.1 Å². The van der Waals surface area contributed by atoms with E-state index >= 15 is 0 Å². The van der Waals surface area contributed by atoms with E-state index in [0.717, 1.165) is 55.1 Å². The van der Waals surface area contributed by atoms with Crippen LogP contribution in [-0.4, -0.2) is 10.9 Å². The molecule has 0 saturated heterocycles. The third-order valence-corrected chi connectivity index (χ3v) is 7.43. The molecule has 1 heterocycles. The summed E-state index contributed by atoms with van der Waals surface area (Å²) in [6.07, 6.45) is 7.89. The standard InChI is InChI=1S/C26H24FN3O/c27-19-3-6-24-22(15-19)21(10-14-29-24)18-7-11-26(12-8-18)13-9-23(26)25(31)30-20-4-1-17(16-28)2-5-20/h1-6,10,14-15,18,23H,7-9,11-13H2,(H,30,31)/t18-,23-,26+/m1/s1. The summed E-state index contributed by atoms with van der Waals surface area (Å²) >= 11 is 0. The smallest absolute Gasteiger partial charge is 0.228 e. The number of hydrogen-bond donors (Lipinski definition) is 1. The molecular formula is C26H24FN3O. The number of pyridine rings is 1. The van der Waals surface area contributed by atoms with E-state index in [1.165, 1.54) is 11.6 Å². The first kappa shape index (κ1) is 19.7. The number of fused-ring (bicyclic) bond motifs is 1. The third-order valence-electron chi connectivity index (χ3n) is 7.43. The zero-order valence-corrected chi connectivity index (χ0v) is 17.3. The number of benzene rings is 2.